The van der Waals surface area contributed by atoms with E-state index in [-0.39, 0.29) is 5.91 Å². The third-order valence-electron chi connectivity index (χ3n) is 3.69. The fourth-order valence-corrected chi connectivity index (χ4v) is 2.38. The topological polar surface area (TPSA) is 65.8 Å². The Kier molecular flexibility index (Phi) is 4.35. The Morgan fingerprint density at radius 2 is 1.62 bits per heavy atom. The predicted octanol–water partition coefficient (Wildman–Crippen LogP) is 4.18. The molecular weight excluding hydrogens is 298 g/mol. The van der Waals surface area contributed by atoms with E-state index >= 15 is 0 Å². The molecule has 0 unspecified atom stereocenters. The molecule has 1 aromatic heterocycles. The summed E-state index contributed by atoms with van der Waals surface area (Å²) in [6.45, 7) is 1.71. The van der Waals surface area contributed by atoms with E-state index in [1.165, 1.54) is 0 Å². The molecule has 3 aromatic rings. The van der Waals surface area contributed by atoms with Gasteiger partial charge in [-0.1, -0.05) is 42.5 Å². The van der Waals surface area contributed by atoms with E-state index in [1.54, 1.807) is 19.1 Å². The van der Waals surface area contributed by atoms with Gasteiger partial charge in [0.1, 0.15) is 11.8 Å². The minimum absolute atomic E-state index is 0.290. The molecule has 3 rings (SSSR count). The monoisotopic (exact) mass is 313 g/mol. The maximum absolute atomic E-state index is 12.3. The van der Waals surface area contributed by atoms with E-state index in [2.05, 4.69) is 10.3 Å². The van der Waals surface area contributed by atoms with E-state index in [0.29, 0.717) is 22.6 Å². The summed E-state index contributed by atoms with van der Waals surface area (Å²) in [5, 5.41) is 11.7. The summed E-state index contributed by atoms with van der Waals surface area (Å²) in [5.41, 5.74) is 4.21. The van der Waals surface area contributed by atoms with Crippen molar-refractivity contribution < 1.29 is 4.79 Å². The van der Waals surface area contributed by atoms with Crippen LogP contribution >= 0.6 is 0 Å². The van der Waals surface area contributed by atoms with Crippen LogP contribution in [-0.2, 0) is 0 Å². The second-order valence-corrected chi connectivity index (χ2v) is 5.34. The van der Waals surface area contributed by atoms with Gasteiger partial charge in [0.15, 0.2) is 0 Å². The van der Waals surface area contributed by atoms with Gasteiger partial charge < -0.3 is 5.32 Å². The van der Waals surface area contributed by atoms with Gasteiger partial charge in [-0.25, -0.2) is 4.98 Å². The lowest BCUT2D eigenvalue weighted by molar-refractivity contribution is 0.102. The number of amides is 1. The highest BCUT2D eigenvalue weighted by Crippen LogP contribution is 2.21. The zero-order chi connectivity index (χ0) is 16.9. The third kappa shape index (κ3) is 3.31. The summed E-state index contributed by atoms with van der Waals surface area (Å²) in [7, 11) is 0. The van der Waals surface area contributed by atoms with Crippen molar-refractivity contribution in [2.75, 3.05) is 5.32 Å². The standard InChI is InChI=1S/C20H15N3O/c1-14-17(13-21)9-12-19(22-14)20(24)23-18-10-7-16(8-11-18)15-5-3-2-4-6-15/h2-12H,1H3,(H,23,24). The van der Waals surface area contributed by atoms with Crippen molar-refractivity contribution in [2.45, 2.75) is 6.92 Å². The number of nitrogens with one attached hydrogen (secondary N) is 1. The van der Waals surface area contributed by atoms with Crippen molar-refractivity contribution in [3.8, 4) is 17.2 Å². The number of carbonyl (C=O) groups is 1. The van der Waals surface area contributed by atoms with E-state index in [9.17, 15) is 4.79 Å². The Morgan fingerprint density at radius 3 is 2.25 bits per heavy atom. The van der Waals surface area contributed by atoms with Crippen molar-refractivity contribution in [1.82, 2.24) is 4.98 Å². The van der Waals surface area contributed by atoms with E-state index in [1.807, 2.05) is 60.7 Å². The van der Waals surface area contributed by atoms with Gasteiger partial charge in [0, 0.05) is 5.69 Å². The Labute approximate surface area is 140 Å². The number of aryl methyl sites for hydroxylation is 1. The Hall–Kier alpha value is -3.45. The average molecular weight is 313 g/mol. The van der Waals surface area contributed by atoms with Gasteiger partial charge in [0.2, 0.25) is 0 Å². The number of rotatable bonds is 3. The second kappa shape index (κ2) is 6.76. The van der Waals surface area contributed by atoms with E-state index in [4.69, 9.17) is 5.26 Å². The summed E-state index contributed by atoms with van der Waals surface area (Å²) in [6, 6.07) is 22.9. The fourth-order valence-electron chi connectivity index (χ4n) is 2.38. The Morgan fingerprint density at radius 1 is 0.958 bits per heavy atom. The van der Waals surface area contributed by atoms with Crippen LogP contribution in [-0.4, -0.2) is 10.9 Å². The van der Waals surface area contributed by atoms with Gasteiger partial charge in [0.25, 0.3) is 5.91 Å². The van der Waals surface area contributed by atoms with Gasteiger partial charge in [-0.2, -0.15) is 5.26 Å². The number of nitriles is 1. The molecule has 1 amide bonds. The molecule has 0 aliphatic carbocycles. The van der Waals surface area contributed by atoms with Crippen molar-refractivity contribution in [3.63, 3.8) is 0 Å². The van der Waals surface area contributed by atoms with E-state index in [0.717, 1.165) is 11.1 Å². The van der Waals surface area contributed by atoms with Crippen LogP contribution in [0.15, 0.2) is 66.7 Å². The summed E-state index contributed by atoms with van der Waals surface area (Å²) >= 11 is 0. The molecule has 0 saturated heterocycles. The molecule has 0 radical (unpaired) electrons. The first-order chi connectivity index (χ1) is 11.7. The van der Waals surface area contributed by atoms with Gasteiger partial charge >= 0.3 is 0 Å². The molecule has 0 aliphatic heterocycles. The van der Waals surface area contributed by atoms with Crippen LogP contribution in [0.4, 0.5) is 5.69 Å². The predicted molar refractivity (Wildman–Crippen MR) is 93.5 cm³/mol. The van der Waals surface area contributed by atoms with Gasteiger partial charge in [-0.05, 0) is 42.3 Å². The largest absolute Gasteiger partial charge is 0.321 e. The summed E-state index contributed by atoms with van der Waals surface area (Å²) in [5.74, 6) is -0.296. The van der Waals surface area contributed by atoms with Crippen molar-refractivity contribution in [1.29, 1.82) is 5.26 Å². The number of hydrogen-bond donors (Lipinski definition) is 1. The normalized spacial score (nSPS) is 10.0. The lowest BCUT2D eigenvalue weighted by Crippen LogP contribution is -2.14. The molecule has 0 atom stereocenters. The molecule has 116 valence electrons. The third-order valence-corrected chi connectivity index (χ3v) is 3.69. The van der Waals surface area contributed by atoms with Crippen LogP contribution in [0.2, 0.25) is 0 Å². The van der Waals surface area contributed by atoms with Crippen LogP contribution in [0.3, 0.4) is 0 Å². The number of benzene rings is 2. The Bertz CT molecular complexity index is 910. The Balaban J connectivity index is 1.75. The molecule has 0 saturated carbocycles. The first-order valence-electron chi connectivity index (χ1n) is 7.52. The molecule has 4 nitrogen and oxygen atoms in total. The number of anilines is 1. The number of nitrogens with zero attached hydrogens (tertiary/aromatic N) is 2. The van der Waals surface area contributed by atoms with Crippen LogP contribution in [0, 0.1) is 18.3 Å². The van der Waals surface area contributed by atoms with Crippen molar-refractivity contribution in [2.24, 2.45) is 0 Å². The molecule has 1 N–H and O–H groups in total. The highest BCUT2D eigenvalue weighted by molar-refractivity contribution is 6.03. The minimum Gasteiger partial charge on any atom is -0.321 e. The second-order valence-electron chi connectivity index (χ2n) is 5.34. The highest BCUT2D eigenvalue weighted by atomic mass is 16.1. The number of aromatic nitrogens is 1. The smallest absolute Gasteiger partial charge is 0.274 e. The van der Waals surface area contributed by atoms with Crippen molar-refractivity contribution >= 4 is 11.6 Å². The first-order valence-corrected chi connectivity index (χ1v) is 7.52. The lowest BCUT2D eigenvalue weighted by Gasteiger charge is -2.07. The molecular formula is C20H15N3O. The highest BCUT2D eigenvalue weighted by Gasteiger charge is 2.10. The molecule has 0 bridgehead atoms. The maximum atomic E-state index is 12.3. The van der Waals surface area contributed by atoms with Crippen LogP contribution < -0.4 is 5.32 Å². The molecule has 2 aromatic carbocycles. The lowest BCUT2D eigenvalue weighted by atomic mass is 10.1. The maximum Gasteiger partial charge on any atom is 0.274 e. The number of hydrogen-bond acceptors (Lipinski definition) is 3. The first kappa shape index (κ1) is 15.4. The molecule has 1 heterocycles. The van der Waals surface area contributed by atoms with Gasteiger partial charge in [-0.15, -0.1) is 0 Å². The number of carbonyl (C=O) groups excluding carboxylic acids is 1. The fraction of sp³-hybridized carbons (Fsp3) is 0.0500. The summed E-state index contributed by atoms with van der Waals surface area (Å²) in [4.78, 5) is 16.4. The van der Waals surface area contributed by atoms with Crippen molar-refractivity contribution in [3.05, 3.63) is 83.7 Å². The average Bonchev–Trinajstić information content (AvgIpc) is 2.63. The molecule has 0 aliphatic rings. The molecule has 0 spiro atoms. The van der Waals surface area contributed by atoms with Crippen LogP contribution in [0.25, 0.3) is 11.1 Å². The van der Waals surface area contributed by atoms with Crippen LogP contribution in [0.1, 0.15) is 21.7 Å². The van der Waals surface area contributed by atoms with Gasteiger partial charge in [-0.3, -0.25) is 4.79 Å². The summed E-state index contributed by atoms with van der Waals surface area (Å²) in [6.07, 6.45) is 0. The number of pyridine rings is 1. The quantitative estimate of drug-likeness (QED) is 0.788. The van der Waals surface area contributed by atoms with Crippen LogP contribution in [0.5, 0.6) is 0 Å². The summed E-state index contributed by atoms with van der Waals surface area (Å²) < 4.78 is 0. The van der Waals surface area contributed by atoms with Gasteiger partial charge in [0.05, 0.1) is 11.3 Å². The van der Waals surface area contributed by atoms with E-state index < -0.39 is 0 Å². The zero-order valence-electron chi connectivity index (χ0n) is 13.2. The SMILES string of the molecule is Cc1nc(C(=O)Nc2ccc(-c3ccccc3)cc2)ccc1C#N. The minimum atomic E-state index is -0.296. The molecule has 24 heavy (non-hydrogen) atoms. The molecule has 4 heteroatoms. The zero-order valence-corrected chi connectivity index (χ0v) is 13.2. The molecule has 0 fully saturated rings.